The highest BCUT2D eigenvalue weighted by atomic mass is 16.5. The van der Waals surface area contributed by atoms with E-state index in [2.05, 4.69) is 16.3 Å². The lowest BCUT2D eigenvalue weighted by molar-refractivity contribution is 0.159. The molecule has 1 fully saturated rings. The summed E-state index contributed by atoms with van der Waals surface area (Å²) >= 11 is 0. The summed E-state index contributed by atoms with van der Waals surface area (Å²) in [6, 6.07) is 9.27. The fourth-order valence-electron chi connectivity index (χ4n) is 4.33. The lowest BCUT2D eigenvalue weighted by Crippen LogP contribution is -2.29. The number of hydrogen-bond donors (Lipinski definition) is 1. The third-order valence-corrected chi connectivity index (χ3v) is 5.82. The van der Waals surface area contributed by atoms with Crippen molar-refractivity contribution in [2.75, 3.05) is 31.5 Å². The summed E-state index contributed by atoms with van der Waals surface area (Å²) in [5, 5.41) is 4.74. The Balaban J connectivity index is 1.66. The van der Waals surface area contributed by atoms with Crippen LogP contribution in [0.25, 0.3) is 28.0 Å². The number of nitrogens with one attached hydrogen (secondary N) is 1. The molecule has 2 aliphatic heterocycles. The number of hydrogen-bond acceptors (Lipinski definition) is 5. The number of rotatable bonds is 4. The number of benzene rings is 2. The molecule has 5 nitrogen and oxygen atoms in total. The fourth-order valence-corrected chi connectivity index (χ4v) is 4.33. The first-order valence-corrected chi connectivity index (χ1v) is 10.4. The zero-order valence-electron chi connectivity index (χ0n) is 17.0. The standard InChI is InChI=1S/C24H26N2O3/c1-24(2)10-9-16-19(29-24)15-20-21(22(16)25-11-14-26-12-5-6-13-26)23(27)17-7-3-4-8-18(17)28-20/h3-4,7-10,15,25H,5-6,11-14H2,1-2H3. The van der Waals surface area contributed by atoms with Crippen LogP contribution in [0.3, 0.4) is 0 Å². The first-order valence-electron chi connectivity index (χ1n) is 10.4. The summed E-state index contributed by atoms with van der Waals surface area (Å²) in [5.74, 6) is 0.743. The van der Waals surface area contributed by atoms with Gasteiger partial charge >= 0.3 is 0 Å². The van der Waals surface area contributed by atoms with Gasteiger partial charge in [0, 0.05) is 24.7 Å². The third kappa shape index (κ3) is 3.29. The van der Waals surface area contributed by atoms with Crippen molar-refractivity contribution in [2.45, 2.75) is 32.3 Å². The second kappa shape index (κ2) is 6.92. The largest absolute Gasteiger partial charge is 0.483 e. The Kier molecular flexibility index (Phi) is 4.36. The second-order valence-corrected chi connectivity index (χ2v) is 8.48. The van der Waals surface area contributed by atoms with E-state index in [-0.39, 0.29) is 5.43 Å². The molecule has 5 rings (SSSR count). The van der Waals surface area contributed by atoms with Gasteiger partial charge in [-0.15, -0.1) is 0 Å². The highest BCUT2D eigenvalue weighted by Crippen LogP contribution is 2.40. The van der Waals surface area contributed by atoms with Crippen LogP contribution >= 0.6 is 0 Å². The summed E-state index contributed by atoms with van der Waals surface area (Å²) in [5.41, 5.74) is 2.47. The highest BCUT2D eigenvalue weighted by Gasteiger charge is 2.26. The lowest BCUT2D eigenvalue weighted by atomic mass is 9.98. The summed E-state index contributed by atoms with van der Waals surface area (Å²) in [6.45, 7) is 8.08. The minimum Gasteiger partial charge on any atom is -0.483 e. The number of nitrogens with zero attached hydrogens (tertiary/aromatic N) is 1. The van der Waals surface area contributed by atoms with Crippen LogP contribution in [-0.2, 0) is 0 Å². The van der Waals surface area contributed by atoms with Crippen molar-refractivity contribution in [1.29, 1.82) is 0 Å². The van der Waals surface area contributed by atoms with E-state index in [0.717, 1.165) is 43.2 Å². The summed E-state index contributed by atoms with van der Waals surface area (Å²) in [4.78, 5) is 15.8. The van der Waals surface area contributed by atoms with Crippen molar-refractivity contribution in [3.05, 3.63) is 52.2 Å². The number of ether oxygens (including phenoxy) is 1. The van der Waals surface area contributed by atoms with E-state index in [1.54, 1.807) is 0 Å². The predicted octanol–water partition coefficient (Wildman–Crippen LogP) is 4.64. The molecule has 0 saturated carbocycles. The molecule has 0 radical (unpaired) electrons. The van der Waals surface area contributed by atoms with Gasteiger partial charge in [-0.05, 0) is 64.1 Å². The Hall–Kier alpha value is -2.79. The topological polar surface area (TPSA) is 54.7 Å². The van der Waals surface area contributed by atoms with Gasteiger partial charge in [0.15, 0.2) is 0 Å². The van der Waals surface area contributed by atoms with Gasteiger partial charge in [-0.25, -0.2) is 0 Å². The Bertz CT molecular complexity index is 1170. The highest BCUT2D eigenvalue weighted by molar-refractivity contribution is 6.02. The third-order valence-electron chi connectivity index (χ3n) is 5.82. The fraction of sp³-hybridized carbons (Fsp3) is 0.375. The molecule has 1 saturated heterocycles. The molecule has 0 amide bonds. The van der Waals surface area contributed by atoms with Crippen LogP contribution in [0.15, 0.2) is 45.6 Å². The zero-order valence-corrected chi connectivity index (χ0v) is 17.0. The Morgan fingerprint density at radius 1 is 1.14 bits per heavy atom. The number of likely N-dealkylation sites (tertiary alicyclic amines) is 1. The molecule has 1 aromatic heterocycles. The quantitative estimate of drug-likeness (QED) is 0.658. The Labute approximate surface area is 169 Å². The average Bonchev–Trinajstić information content (AvgIpc) is 3.20. The number of anilines is 1. The van der Waals surface area contributed by atoms with E-state index < -0.39 is 5.60 Å². The Morgan fingerprint density at radius 2 is 1.93 bits per heavy atom. The number of fused-ring (bicyclic) bond motifs is 3. The average molecular weight is 390 g/mol. The maximum Gasteiger partial charge on any atom is 0.202 e. The second-order valence-electron chi connectivity index (χ2n) is 8.48. The van der Waals surface area contributed by atoms with Gasteiger partial charge in [0.2, 0.25) is 5.43 Å². The molecule has 150 valence electrons. The molecule has 1 N–H and O–H groups in total. The van der Waals surface area contributed by atoms with Gasteiger partial charge < -0.3 is 19.4 Å². The predicted molar refractivity (Wildman–Crippen MR) is 118 cm³/mol. The molecule has 29 heavy (non-hydrogen) atoms. The van der Waals surface area contributed by atoms with Crippen molar-refractivity contribution in [1.82, 2.24) is 4.90 Å². The zero-order chi connectivity index (χ0) is 20.0. The van der Waals surface area contributed by atoms with E-state index in [0.29, 0.717) is 21.9 Å². The van der Waals surface area contributed by atoms with Gasteiger partial charge in [-0.1, -0.05) is 12.1 Å². The summed E-state index contributed by atoms with van der Waals surface area (Å²) in [6.07, 6.45) is 6.64. The number of para-hydroxylation sites is 1. The molecule has 0 spiro atoms. The van der Waals surface area contributed by atoms with Crippen molar-refractivity contribution in [3.8, 4) is 5.75 Å². The molecule has 0 aliphatic carbocycles. The van der Waals surface area contributed by atoms with Crippen molar-refractivity contribution in [2.24, 2.45) is 0 Å². The molecule has 2 aromatic carbocycles. The van der Waals surface area contributed by atoms with E-state index >= 15 is 0 Å². The first-order chi connectivity index (χ1) is 14.0. The molecule has 0 unspecified atom stereocenters. The monoisotopic (exact) mass is 390 g/mol. The maximum atomic E-state index is 13.4. The van der Waals surface area contributed by atoms with Crippen LogP contribution < -0.4 is 15.5 Å². The molecule has 3 aromatic rings. The van der Waals surface area contributed by atoms with Crippen LogP contribution in [0.2, 0.25) is 0 Å². The maximum absolute atomic E-state index is 13.4. The van der Waals surface area contributed by atoms with Crippen LogP contribution in [0, 0.1) is 0 Å². The molecular weight excluding hydrogens is 364 g/mol. The van der Waals surface area contributed by atoms with Gasteiger partial charge in [0.05, 0.1) is 16.5 Å². The minimum atomic E-state index is -0.398. The molecule has 2 aliphatic rings. The minimum absolute atomic E-state index is 0.00782. The normalized spacial score (nSPS) is 18.1. The first kappa shape index (κ1) is 18.3. The van der Waals surface area contributed by atoms with Crippen LogP contribution in [0.5, 0.6) is 5.75 Å². The van der Waals surface area contributed by atoms with Gasteiger partial charge in [0.1, 0.15) is 22.5 Å². The van der Waals surface area contributed by atoms with E-state index in [1.807, 2.05) is 50.3 Å². The van der Waals surface area contributed by atoms with E-state index in [9.17, 15) is 4.79 Å². The summed E-state index contributed by atoms with van der Waals surface area (Å²) < 4.78 is 12.3. The summed E-state index contributed by atoms with van der Waals surface area (Å²) in [7, 11) is 0. The van der Waals surface area contributed by atoms with Gasteiger partial charge in [-0.3, -0.25) is 4.79 Å². The van der Waals surface area contributed by atoms with Gasteiger partial charge in [0.25, 0.3) is 0 Å². The SMILES string of the molecule is CC1(C)C=Cc2c(cc3oc4ccccc4c(=O)c3c2NCCN2CCCC2)O1. The van der Waals surface area contributed by atoms with Crippen molar-refractivity contribution >= 4 is 33.7 Å². The van der Waals surface area contributed by atoms with E-state index in [4.69, 9.17) is 9.15 Å². The van der Waals surface area contributed by atoms with E-state index in [1.165, 1.54) is 12.8 Å². The molecule has 5 heteroatoms. The molecule has 3 heterocycles. The van der Waals surface area contributed by atoms with Crippen molar-refractivity contribution in [3.63, 3.8) is 0 Å². The smallest absolute Gasteiger partial charge is 0.202 e. The van der Waals surface area contributed by atoms with Crippen LogP contribution in [0.1, 0.15) is 32.3 Å². The van der Waals surface area contributed by atoms with Crippen LogP contribution in [0.4, 0.5) is 5.69 Å². The van der Waals surface area contributed by atoms with Crippen molar-refractivity contribution < 1.29 is 9.15 Å². The molecule has 0 atom stereocenters. The Morgan fingerprint density at radius 3 is 2.76 bits per heavy atom. The van der Waals surface area contributed by atoms with Gasteiger partial charge in [-0.2, -0.15) is 0 Å². The molecule has 0 bridgehead atoms. The lowest BCUT2D eigenvalue weighted by Gasteiger charge is -2.29. The van der Waals surface area contributed by atoms with Crippen LogP contribution in [-0.4, -0.2) is 36.7 Å². The molecular formula is C24H26N2O3.